The summed E-state index contributed by atoms with van der Waals surface area (Å²) in [5, 5.41) is 8.42. The molecule has 0 aromatic rings. The SMILES string of the molecule is C/C(C(=O)O)=C(/C)C(=O)OS(=O)[O-]. The van der Waals surface area contributed by atoms with Crippen LogP contribution in [-0.2, 0) is 25.1 Å². The summed E-state index contributed by atoms with van der Waals surface area (Å²) < 4.78 is 23.5. The molecule has 74 valence electrons. The van der Waals surface area contributed by atoms with E-state index in [1.807, 2.05) is 0 Å². The summed E-state index contributed by atoms with van der Waals surface area (Å²) in [6, 6.07) is 0. The number of aliphatic carboxylic acids is 1. The van der Waals surface area contributed by atoms with Crippen LogP contribution in [0.3, 0.4) is 0 Å². The van der Waals surface area contributed by atoms with E-state index < -0.39 is 23.3 Å². The van der Waals surface area contributed by atoms with Crippen LogP contribution in [0.2, 0.25) is 0 Å². The van der Waals surface area contributed by atoms with Gasteiger partial charge in [-0.1, -0.05) is 0 Å². The second-order valence-electron chi connectivity index (χ2n) is 2.13. The summed E-state index contributed by atoms with van der Waals surface area (Å²) >= 11 is -2.97. The molecular formula is C6H7O6S-. The van der Waals surface area contributed by atoms with Gasteiger partial charge in [0.25, 0.3) is 0 Å². The zero-order chi connectivity index (χ0) is 10.6. The Bertz CT molecular complexity index is 291. The van der Waals surface area contributed by atoms with Crippen LogP contribution in [0.25, 0.3) is 0 Å². The van der Waals surface area contributed by atoms with Gasteiger partial charge in [-0.3, -0.25) is 0 Å². The molecule has 0 aliphatic carbocycles. The molecule has 0 aromatic carbocycles. The van der Waals surface area contributed by atoms with Crippen LogP contribution in [-0.4, -0.2) is 25.8 Å². The average molecular weight is 207 g/mol. The summed E-state index contributed by atoms with van der Waals surface area (Å²) in [7, 11) is 0. The molecular weight excluding hydrogens is 200 g/mol. The fourth-order valence-corrected chi connectivity index (χ4v) is 0.686. The maximum Gasteiger partial charge on any atom is 0.347 e. The Balaban J connectivity index is 4.68. The Kier molecular flexibility index (Phi) is 4.29. The lowest BCUT2D eigenvalue weighted by Crippen LogP contribution is -2.12. The number of hydrogen-bond donors (Lipinski definition) is 1. The van der Waals surface area contributed by atoms with Gasteiger partial charge in [0.2, 0.25) is 0 Å². The Morgan fingerprint density at radius 1 is 1.31 bits per heavy atom. The van der Waals surface area contributed by atoms with E-state index in [-0.39, 0.29) is 11.1 Å². The Morgan fingerprint density at radius 3 is 2.08 bits per heavy atom. The van der Waals surface area contributed by atoms with Crippen molar-refractivity contribution in [2.45, 2.75) is 13.8 Å². The maximum atomic E-state index is 10.8. The van der Waals surface area contributed by atoms with Crippen molar-refractivity contribution < 1.29 is 27.6 Å². The van der Waals surface area contributed by atoms with E-state index in [1.54, 1.807) is 0 Å². The van der Waals surface area contributed by atoms with Crippen LogP contribution in [0.5, 0.6) is 0 Å². The average Bonchev–Trinajstić information content (AvgIpc) is 2.00. The molecule has 0 bridgehead atoms. The summed E-state index contributed by atoms with van der Waals surface area (Å²) in [6.45, 7) is 2.34. The second kappa shape index (κ2) is 4.73. The van der Waals surface area contributed by atoms with Gasteiger partial charge in [-0.25, -0.2) is 13.8 Å². The topological polar surface area (TPSA) is 104 Å². The van der Waals surface area contributed by atoms with E-state index in [0.29, 0.717) is 0 Å². The third-order valence-corrected chi connectivity index (χ3v) is 1.62. The van der Waals surface area contributed by atoms with Crippen molar-refractivity contribution in [2.24, 2.45) is 0 Å². The smallest absolute Gasteiger partial charge is 0.347 e. The molecule has 1 atom stereocenters. The molecule has 0 aliphatic rings. The fourth-order valence-electron chi connectivity index (χ4n) is 0.438. The predicted molar refractivity (Wildman–Crippen MR) is 41.0 cm³/mol. The zero-order valence-electron chi connectivity index (χ0n) is 6.90. The lowest BCUT2D eigenvalue weighted by atomic mass is 10.1. The van der Waals surface area contributed by atoms with E-state index in [4.69, 9.17) is 5.11 Å². The van der Waals surface area contributed by atoms with Gasteiger partial charge >= 0.3 is 11.9 Å². The molecule has 0 fully saturated rings. The first-order chi connectivity index (χ1) is 5.86. The molecule has 0 heterocycles. The maximum absolute atomic E-state index is 10.8. The van der Waals surface area contributed by atoms with Crippen LogP contribution >= 0.6 is 0 Å². The minimum atomic E-state index is -2.97. The highest BCUT2D eigenvalue weighted by Gasteiger charge is 2.13. The van der Waals surface area contributed by atoms with Gasteiger partial charge in [-0.15, -0.1) is 0 Å². The highest BCUT2D eigenvalue weighted by molar-refractivity contribution is 7.74. The first-order valence-corrected chi connectivity index (χ1v) is 4.09. The summed E-state index contributed by atoms with van der Waals surface area (Å²) in [6.07, 6.45) is 0. The number of carboxylic acid groups (broad SMARTS) is 1. The minimum Gasteiger partial charge on any atom is -0.740 e. The Labute approximate surface area is 76.7 Å². The third kappa shape index (κ3) is 3.81. The molecule has 6 nitrogen and oxygen atoms in total. The second-order valence-corrected chi connectivity index (χ2v) is 2.70. The van der Waals surface area contributed by atoms with Gasteiger partial charge in [-0.2, -0.15) is 0 Å². The molecule has 0 radical (unpaired) electrons. The van der Waals surface area contributed by atoms with Crippen LogP contribution in [0.15, 0.2) is 11.1 Å². The number of rotatable bonds is 3. The van der Waals surface area contributed by atoms with Crippen molar-refractivity contribution in [3.63, 3.8) is 0 Å². The van der Waals surface area contributed by atoms with Gasteiger partial charge in [0, 0.05) is 11.1 Å². The molecule has 13 heavy (non-hydrogen) atoms. The number of hydrogen-bond acceptors (Lipinski definition) is 5. The van der Waals surface area contributed by atoms with Gasteiger partial charge in [-0.05, 0) is 13.8 Å². The molecule has 1 N–H and O–H groups in total. The van der Waals surface area contributed by atoms with Gasteiger partial charge < -0.3 is 13.8 Å². The number of carbonyl (C=O) groups is 2. The standard InChI is InChI=1S/C6H8O6S/c1-3(5(7)8)4(2)6(9)12-13(10)11/h1-2H3,(H,7,8)(H,10,11)/p-1/b4-3+. The van der Waals surface area contributed by atoms with Crippen molar-refractivity contribution in [3.05, 3.63) is 11.1 Å². The fraction of sp³-hybridized carbons (Fsp3) is 0.333. The normalized spacial score (nSPS) is 14.4. The van der Waals surface area contributed by atoms with E-state index in [2.05, 4.69) is 4.18 Å². The molecule has 0 spiro atoms. The molecule has 0 saturated heterocycles. The van der Waals surface area contributed by atoms with Crippen LogP contribution < -0.4 is 0 Å². The molecule has 0 saturated carbocycles. The Hall–Kier alpha value is -1.21. The predicted octanol–water partition coefficient (Wildman–Crippen LogP) is -0.255. The van der Waals surface area contributed by atoms with E-state index >= 15 is 0 Å². The molecule has 0 aliphatic heterocycles. The minimum absolute atomic E-state index is 0.253. The van der Waals surface area contributed by atoms with Crippen LogP contribution in [0, 0.1) is 0 Å². The van der Waals surface area contributed by atoms with E-state index in [0.717, 1.165) is 0 Å². The molecule has 1 unspecified atom stereocenters. The van der Waals surface area contributed by atoms with Crippen LogP contribution in [0.4, 0.5) is 0 Å². The molecule has 0 amide bonds. The first kappa shape index (κ1) is 11.8. The largest absolute Gasteiger partial charge is 0.740 e. The van der Waals surface area contributed by atoms with E-state index in [1.165, 1.54) is 13.8 Å². The summed E-state index contributed by atoms with van der Waals surface area (Å²) in [5.74, 6) is -2.49. The first-order valence-electron chi connectivity index (χ1n) is 3.09. The number of carboxylic acids is 1. The Morgan fingerprint density at radius 2 is 1.77 bits per heavy atom. The quantitative estimate of drug-likeness (QED) is 0.505. The molecule has 0 rings (SSSR count). The van der Waals surface area contributed by atoms with Gasteiger partial charge in [0.15, 0.2) is 0 Å². The summed E-state index contributed by atoms with van der Waals surface area (Å²) in [5.41, 5.74) is -0.507. The van der Waals surface area contributed by atoms with Gasteiger partial charge in [0.1, 0.15) is 11.4 Å². The van der Waals surface area contributed by atoms with Crippen molar-refractivity contribution in [2.75, 3.05) is 0 Å². The highest BCUT2D eigenvalue weighted by Crippen LogP contribution is 2.05. The third-order valence-electron chi connectivity index (χ3n) is 1.33. The zero-order valence-corrected chi connectivity index (χ0v) is 7.71. The van der Waals surface area contributed by atoms with Crippen molar-refractivity contribution in [1.29, 1.82) is 0 Å². The lowest BCUT2D eigenvalue weighted by molar-refractivity contribution is -0.134. The van der Waals surface area contributed by atoms with Crippen molar-refractivity contribution in [1.82, 2.24) is 0 Å². The lowest BCUT2D eigenvalue weighted by Gasteiger charge is -2.06. The van der Waals surface area contributed by atoms with Crippen molar-refractivity contribution >= 4 is 23.3 Å². The number of carbonyl (C=O) groups excluding carboxylic acids is 1. The summed E-state index contributed by atoms with van der Waals surface area (Å²) in [4.78, 5) is 21.1. The monoisotopic (exact) mass is 207 g/mol. The van der Waals surface area contributed by atoms with Gasteiger partial charge in [0.05, 0.1) is 0 Å². The van der Waals surface area contributed by atoms with Crippen molar-refractivity contribution in [3.8, 4) is 0 Å². The van der Waals surface area contributed by atoms with Crippen LogP contribution in [0.1, 0.15) is 13.8 Å². The molecule has 0 aromatic heterocycles. The van der Waals surface area contributed by atoms with E-state index in [9.17, 15) is 18.4 Å². The highest BCUT2D eigenvalue weighted by atomic mass is 32.2. The molecule has 7 heteroatoms.